The van der Waals surface area contributed by atoms with E-state index < -0.39 is 6.04 Å². The van der Waals surface area contributed by atoms with Gasteiger partial charge in [-0.15, -0.1) is 0 Å². The van der Waals surface area contributed by atoms with Crippen LogP contribution in [0.2, 0.25) is 0 Å². The van der Waals surface area contributed by atoms with Crippen molar-refractivity contribution in [1.29, 1.82) is 0 Å². The molecule has 0 aliphatic rings. The highest BCUT2D eigenvalue weighted by atomic mass is 16.5. The zero-order valence-electron chi connectivity index (χ0n) is 10.6. The Hall–Kier alpha value is -0.650. The van der Waals surface area contributed by atoms with Crippen molar-refractivity contribution < 1.29 is 14.6 Å². The summed E-state index contributed by atoms with van der Waals surface area (Å²) in [7, 11) is 1.50. The van der Waals surface area contributed by atoms with E-state index in [1.165, 1.54) is 7.11 Å². The zero-order chi connectivity index (χ0) is 12.8. The van der Waals surface area contributed by atoms with Gasteiger partial charge in [0.1, 0.15) is 6.04 Å². The van der Waals surface area contributed by atoms with Gasteiger partial charge in [0.25, 0.3) is 0 Å². The minimum Gasteiger partial charge on any atom is -0.396 e. The number of amides is 1. The molecule has 0 saturated carbocycles. The lowest BCUT2D eigenvalue weighted by Crippen LogP contribution is -2.51. The topological polar surface area (TPSA) is 84.6 Å². The first-order valence-corrected chi connectivity index (χ1v) is 5.48. The third kappa shape index (κ3) is 5.44. The molecule has 0 aromatic carbocycles. The number of carbonyl (C=O) groups excluding carboxylic acids is 1. The molecule has 0 aromatic heterocycles. The molecular formula is C11H24N2O3. The van der Waals surface area contributed by atoms with E-state index in [4.69, 9.17) is 15.6 Å². The molecule has 0 aliphatic carbocycles. The molecule has 2 atom stereocenters. The van der Waals surface area contributed by atoms with Crippen molar-refractivity contribution in [3.8, 4) is 0 Å². The van der Waals surface area contributed by atoms with Crippen LogP contribution in [-0.2, 0) is 9.53 Å². The van der Waals surface area contributed by atoms with Crippen LogP contribution in [0.1, 0.15) is 27.2 Å². The number of hydrogen-bond acceptors (Lipinski definition) is 4. The molecule has 96 valence electrons. The van der Waals surface area contributed by atoms with Crippen molar-refractivity contribution >= 4 is 5.91 Å². The van der Waals surface area contributed by atoms with Gasteiger partial charge in [-0.2, -0.15) is 0 Å². The number of carbonyl (C=O) groups is 1. The summed E-state index contributed by atoms with van der Waals surface area (Å²) in [4.78, 5) is 11.7. The summed E-state index contributed by atoms with van der Waals surface area (Å²) >= 11 is 0. The Balaban J connectivity index is 4.34. The lowest BCUT2D eigenvalue weighted by atomic mass is 9.85. The maximum atomic E-state index is 11.7. The lowest BCUT2D eigenvalue weighted by molar-refractivity contribution is -0.125. The minimum absolute atomic E-state index is 0.0434. The average Bonchev–Trinajstić information content (AvgIpc) is 2.15. The fourth-order valence-corrected chi connectivity index (χ4v) is 1.38. The van der Waals surface area contributed by atoms with Gasteiger partial charge in [0.2, 0.25) is 5.91 Å². The summed E-state index contributed by atoms with van der Waals surface area (Å²) in [5, 5.41) is 11.8. The molecule has 5 nitrogen and oxygen atoms in total. The summed E-state index contributed by atoms with van der Waals surface area (Å²) in [6.07, 6.45) is 0.523. The van der Waals surface area contributed by atoms with Gasteiger partial charge in [0.15, 0.2) is 0 Å². The van der Waals surface area contributed by atoms with E-state index in [1.54, 1.807) is 0 Å². The van der Waals surface area contributed by atoms with Gasteiger partial charge >= 0.3 is 0 Å². The first-order valence-electron chi connectivity index (χ1n) is 5.48. The number of ether oxygens (including phenoxy) is 1. The monoisotopic (exact) mass is 232 g/mol. The third-order valence-electron chi connectivity index (χ3n) is 2.46. The molecule has 0 rings (SSSR count). The number of aliphatic hydroxyl groups is 1. The Bertz CT molecular complexity index is 214. The maximum absolute atomic E-state index is 11.7. The Morgan fingerprint density at radius 2 is 2.06 bits per heavy atom. The van der Waals surface area contributed by atoms with E-state index in [-0.39, 0.29) is 30.6 Å². The molecule has 4 N–H and O–H groups in total. The smallest absolute Gasteiger partial charge is 0.239 e. The summed E-state index contributed by atoms with van der Waals surface area (Å²) in [6.45, 7) is 6.27. The van der Waals surface area contributed by atoms with E-state index in [2.05, 4.69) is 5.32 Å². The normalized spacial score (nSPS) is 15.6. The van der Waals surface area contributed by atoms with Gasteiger partial charge in [0, 0.05) is 19.8 Å². The molecule has 5 heteroatoms. The Labute approximate surface area is 97.3 Å². The van der Waals surface area contributed by atoms with Crippen LogP contribution in [0.5, 0.6) is 0 Å². The number of methoxy groups -OCH3 is 1. The summed E-state index contributed by atoms with van der Waals surface area (Å²) in [5.74, 6) is -0.241. The second kappa shape index (κ2) is 6.83. The van der Waals surface area contributed by atoms with E-state index in [0.717, 1.165) is 0 Å². The van der Waals surface area contributed by atoms with Gasteiger partial charge in [-0.3, -0.25) is 4.79 Å². The molecular weight excluding hydrogens is 208 g/mol. The van der Waals surface area contributed by atoms with Crippen LogP contribution in [0.15, 0.2) is 0 Å². The van der Waals surface area contributed by atoms with Crippen LogP contribution in [0.25, 0.3) is 0 Å². The number of nitrogens with two attached hydrogens (primary N) is 1. The molecule has 0 radical (unpaired) electrons. The molecule has 0 aliphatic heterocycles. The fraction of sp³-hybridized carbons (Fsp3) is 0.909. The van der Waals surface area contributed by atoms with Gasteiger partial charge in [-0.25, -0.2) is 0 Å². The highest BCUT2D eigenvalue weighted by molar-refractivity contribution is 5.81. The van der Waals surface area contributed by atoms with Gasteiger partial charge < -0.3 is 20.9 Å². The van der Waals surface area contributed by atoms with Crippen LogP contribution in [0, 0.1) is 5.41 Å². The van der Waals surface area contributed by atoms with Gasteiger partial charge in [0.05, 0.1) is 6.61 Å². The predicted molar refractivity (Wildman–Crippen MR) is 62.9 cm³/mol. The SMILES string of the molecule is COCC(N)C(=O)NC(CCO)C(C)(C)C. The first kappa shape index (κ1) is 15.3. The minimum atomic E-state index is -0.659. The van der Waals surface area contributed by atoms with E-state index in [0.29, 0.717) is 6.42 Å². The fourth-order valence-electron chi connectivity index (χ4n) is 1.38. The zero-order valence-corrected chi connectivity index (χ0v) is 10.6. The van der Waals surface area contributed by atoms with Crippen molar-refractivity contribution in [3.63, 3.8) is 0 Å². The van der Waals surface area contributed by atoms with Crippen molar-refractivity contribution in [3.05, 3.63) is 0 Å². The molecule has 0 fully saturated rings. The van der Waals surface area contributed by atoms with E-state index in [1.807, 2.05) is 20.8 Å². The number of nitrogens with one attached hydrogen (secondary N) is 1. The van der Waals surface area contributed by atoms with Crippen LogP contribution in [0.3, 0.4) is 0 Å². The standard InChI is InChI=1S/C11H24N2O3/c1-11(2,3)9(5-6-14)13-10(15)8(12)7-16-4/h8-9,14H,5-7,12H2,1-4H3,(H,13,15). The van der Waals surface area contributed by atoms with E-state index in [9.17, 15) is 4.79 Å². The van der Waals surface area contributed by atoms with Crippen molar-refractivity contribution in [1.82, 2.24) is 5.32 Å². The quantitative estimate of drug-likeness (QED) is 0.596. The highest BCUT2D eigenvalue weighted by Crippen LogP contribution is 2.21. The number of rotatable bonds is 6. The Morgan fingerprint density at radius 3 is 2.44 bits per heavy atom. The summed E-state index contributed by atoms with van der Waals surface area (Å²) in [5.41, 5.74) is 5.51. The summed E-state index contributed by atoms with van der Waals surface area (Å²) < 4.78 is 4.82. The largest absolute Gasteiger partial charge is 0.396 e. The summed E-state index contributed by atoms with van der Waals surface area (Å²) in [6, 6.07) is -0.749. The third-order valence-corrected chi connectivity index (χ3v) is 2.46. The highest BCUT2D eigenvalue weighted by Gasteiger charge is 2.27. The molecule has 0 spiro atoms. The van der Waals surface area contributed by atoms with Crippen molar-refractivity contribution in [2.75, 3.05) is 20.3 Å². The van der Waals surface area contributed by atoms with Gasteiger partial charge in [-0.1, -0.05) is 20.8 Å². The van der Waals surface area contributed by atoms with Gasteiger partial charge in [-0.05, 0) is 11.8 Å². The Morgan fingerprint density at radius 1 is 1.50 bits per heavy atom. The van der Waals surface area contributed by atoms with Crippen LogP contribution in [-0.4, -0.2) is 43.4 Å². The van der Waals surface area contributed by atoms with Crippen LogP contribution in [0.4, 0.5) is 0 Å². The molecule has 0 heterocycles. The van der Waals surface area contributed by atoms with Crippen molar-refractivity contribution in [2.24, 2.45) is 11.1 Å². The second-order valence-corrected chi connectivity index (χ2v) is 5.00. The molecule has 0 saturated heterocycles. The molecule has 0 aromatic rings. The number of aliphatic hydroxyl groups excluding tert-OH is 1. The van der Waals surface area contributed by atoms with Crippen LogP contribution < -0.4 is 11.1 Å². The molecule has 2 unspecified atom stereocenters. The second-order valence-electron chi connectivity index (χ2n) is 5.00. The maximum Gasteiger partial charge on any atom is 0.239 e. The molecule has 16 heavy (non-hydrogen) atoms. The molecule has 0 bridgehead atoms. The predicted octanol–water partition coefficient (Wildman–Crippen LogP) is -0.127. The lowest BCUT2D eigenvalue weighted by Gasteiger charge is -2.31. The average molecular weight is 232 g/mol. The van der Waals surface area contributed by atoms with E-state index >= 15 is 0 Å². The molecule has 1 amide bonds. The first-order chi connectivity index (χ1) is 7.32. The van der Waals surface area contributed by atoms with Crippen molar-refractivity contribution in [2.45, 2.75) is 39.3 Å². The van der Waals surface area contributed by atoms with Crippen LogP contribution >= 0.6 is 0 Å². The Kier molecular flexibility index (Phi) is 6.55. The number of hydrogen-bond donors (Lipinski definition) is 3.